The third-order valence-electron chi connectivity index (χ3n) is 3.24. The summed E-state index contributed by atoms with van der Waals surface area (Å²) in [5.41, 5.74) is 0. The minimum Gasteiger partial charge on any atom is -0.366 e. The number of halogens is 1. The van der Waals surface area contributed by atoms with Gasteiger partial charge in [-0.2, -0.15) is 0 Å². The molecule has 1 aliphatic rings. The van der Waals surface area contributed by atoms with Gasteiger partial charge in [0, 0.05) is 38.4 Å². The van der Waals surface area contributed by atoms with E-state index in [9.17, 15) is 4.39 Å². The van der Waals surface area contributed by atoms with Crippen LogP contribution in [0, 0.1) is 5.82 Å². The molecule has 2 rings (SSSR count). The molecule has 1 aliphatic heterocycles. The number of rotatable bonds is 3. The highest BCUT2D eigenvalue weighted by molar-refractivity contribution is 5.35. The fraction of sp³-hybridized carbons (Fsp3) is 0.583. The maximum absolute atomic E-state index is 13.4. The van der Waals surface area contributed by atoms with Crippen LogP contribution in [0.3, 0.4) is 0 Å². The first-order valence-electron chi connectivity index (χ1n) is 5.90. The highest BCUT2D eigenvalue weighted by Gasteiger charge is 2.22. The second kappa shape index (κ2) is 5.42. The van der Waals surface area contributed by atoms with Crippen molar-refractivity contribution in [3.05, 3.63) is 24.1 Å². The number of nitrogens with zero attached hydrogens (tertiary/aromatic N) is 3. The molecule has 17 heavy (non-hydrogen) atoms. The quantitative estimate of drug-likeness (QED) is 0.847. The zero-order valence-electron chi connectivity index (χ0n) is 10.4. The van der Waals surface area contributed by atoms with Crippen LogP contribution in [0.2, 0.25) is 0 Å². The fourth-order valence-corrected chi connectivity index (χ4v) is 2.05. The van der Waals surface area contributed by atoms with E-state index in [1.165, 1.54) is 6.07 Å². The molecule has 0 saturated carbocycles. The maximum atomic E-state index is 13.4. The first kappa shape index (κ1) is 12.3. The van der Waals surface area contributed by atoms with Gasteiger partial charge >= 0.3 is 0 Å². The summed E-state index contributed by atoms with van der Waals surface area (Å²) in [4.78, 5) is 8.58. The minimum absolute atomic E-state index is 0.292. The molecule has 2 heterocycles. The van der Waals surface area contributed by atoms with Crippen molar-refractivity contribution in [2.45, 2.75) is 6.04 Å². The largest absolute Gasteiger partial charge is 0.366 e. The van der Waals surface area contributed by atoms with Gasteiger partial charge in [-0.25, -0.2) is 9.37 Å². The van der Waals surface area contributed by atoms with Gasteiger partial charge in [0.15, 0.2) is 11.6 Å². The molecule has 0 aromatic carbocycles. The molecule has 4 nitrogen and oxygen atoms in total. The summed E-state index contributed by atoms with van der Waals surface area (Å²) >= 11 is 0. The number of pyridine rings is 1. The van der Waals surface area contributed by atoms with Gasteiger partial charge in [-0.3, -0.25) is 4.90 Å². The Morgan fingerprint density at radius 3 is 3.06 bits per heavy atom. The number of likely N-dealkylation sites (N-methyl/N-ethyl adjacent to an activating group) is 2. The molecule has 0 radical (unpaired) electrons. The summed E-state index contributed by atoms with van der Waals surface area (Å²) in [6.45, 7) is 3.85. The van der Waals surface area contributed by atoms with Crippen molar-refractivity contribution in [1.82, 2.24) is 14.8 Å². The molecule has 0 spiro atoms. The zero-order chi connectivity index (χ0) is 12.3. The number of hydrogen-bond donors (Lipinski definition) is 1. The Bertz CT molecular complexity index is 371. The molecule has 1 fully saturated rings. The summed E-state index contributed by atoms with van der Waals surface area (Å²) in [6, 6.07) is 3.42. The first-order chi connectivity index (χ1) is 8.16. The van der Waals surface area contributed by atoms with Gasteiger partial charge in [0.2, 0.25) is 0 Å². The average Bonchev–Trinajstić information content (AvgIpc) is 2.32. The van der Waals surface area contributed by atoms with Crippen molar-refractivity contribution in [3.8, 4) is 0 Å². The van der Waals surface area contributed by atoms with Crippen molar-refractivity contribution < 1.29 is 4.39 Å². The second-order valence-electron chi connectivity index (χ2n) is 4.61. The lowest BCUT2D eigenvalue weighted by Gasteiger charge is -2.37. The van der Waals surface area contributed by atoms with Crippen LogP contribution in [0.1, 0.15) is 0 Å². The third kappa shape index (κ3) is 3.14. The Labute approximate surface area is 101 Å². The van der Waals surface area contributed by atoms with E-state index >= 15 is 0 Å². The van der Waals surface area contributed by atoms with Crippen LogP contribution < -0.4 is 5.32 Å². The molecule has 1 N–H and O–H groups in total. The Morgan fingerprint density at radius 1 is 1.47 bits per heavy atom. The summed E-state index contributed by atoms with van der Waals surface area (Å²) in [5.74, 6) is 0.0495. The van der Waals surface area contributed by atoms with Gasteiger partial charge in [-0.05, 0) is 26.2 Å². The van der Waals surface area contributed by atoms with E-state index in [0.717, 1.165) is 26.2 Å². The molecule has 1 saturated heterocycles. The van der Waals surface area contributed by atoms with E-state index in [0.29, 0.717) is 11.9 Å². The molecule has 0 bridgehead atoms. The molecule has 5 heteroatoms. The van der Waals surface area contributed by atoms with Crippen molar-refractivity contribution in [2.75, 3.05) is 45.6 Å². The molecular weight excluding hydrogens is 219 g/mol. The summed E-state index contributed by atoms with van der Waals surface area (Å²) in [5, 5.41) is 3.08. The molecule has 1 atom stereocenters. The lowest BCUT2D eigenvalue weighted by atomic mass is 10.2. The summed E-state index contributed by atoms with van der Waals surface area (Å²) in [7, 11) is 4.22. The SMILES string of the molecule is CN1CCN(C)C(CNc2ncccc2F)C1. The molecular formula is C12H19FN4. The normalized spacial score (nSPS) is 22.6. The van der Waals surface area contributed by atoms with Crippen LogP contribution >= 0.6 is 0 Å². The van der Waals surface area contributed by atoms with Gasteiger partial charge in [-0.15, -0.1) is 0 Å². The zero-order valence-corrected chi connectivity index (χ0v) is 10.4. The number of hydrogen-bond acceptors (Lipinski definition) is 4. The van der Waals surface area contributed by atoms with E-state index in [-0.39, 0.29) is 5.82 Å². The Balaban J connectivity index is 1.91. The molecule has 1 aromatic heterocycles. The standard InChI is InChI=1S/C12H19FN4/c1-16-6-7-17(2)10(9-16)8-15-12-11(13)4-3-5-14-12/h3-5,10H,6-9H2,1-2H3,(H,14,15). The lowest BCUT2D eigenvalue weighted by Crippen LogP contribution is -2.52. The average molecular weight is 238 g/mol. The van der Waals surface area contributed by atoms with Crippen molar-refractivity contribution in [2.24, 2.45) is 0 Å². The predicted molar refractivity (Wildman–Crippen MR) is 66.6 cm³/mol. The van der Waals surface area contributed by atoms with E-state index in [4.69, 9.17) is 0 Å². The first-order valence-corrected chi connectivity index (χ1v) is 5.90. The van der Waals surface area contributed by atoms with Gasteiger partial charge in [0.05, 0.1) is 0 Å². The Morgan fingerprint density at radius 2 is 2.29 bits per heavy atom. The minimum atomic E-state index is -0.292. The second-order valence-corrected chi connectivity index (χ2v) is 4.61. The Hall–Kier alpha value is -1.20. The van der Waals surface area contributed by atoms with Crippen LogP contribution in [0.5, 0.6) is 0 Å². The van der Waals surface area contributed by atoms with Crippen molar-refractivity contribution >= 4 is 5.82 Å². The van der Waals surface area contributed by atoms with Crippen LogP contribution in [0.25, 0.3) is 0 Å². The topological polar surface area (TPSA) is 31.4 Å². The number of nitrogens with one attached hydrogen (secondary N) is 1. The van der Waals surface area contributed by atoms with Crippen LogP contribution in [0.15, 0.2) is 18.3 Å². The highest BCUT2D eigenvalue weighted by atomic mass is 19.1. The number of anilines is 1. The third-order valence-corrected chi connectivity index (χ3v) is 3.24. The van der Waals surface area contributed by atoms with E-state index in [1.54, 1.807) is 12.3 Å². The van der Waals surface area contributed by atoms with Crippen LogP contribution in [-0.2, 0) is 0 Å². The van der Waals surface area contributed by atoms with Gasteiger partial charge in [0.25, 0.3) is 0 Å². The highest BCUT2D eigenvalue weighted by Crippen LogP contribution is 2.11. The monoisotopic (exact) mass is 238 g/mol. The maximum Gasteiger partial charge on any atom is 0.165 e. The van der Waals surface area contributed by atoms with Crippen LogP contribution in [-0.4, -0.2) is 61.1 Å². The molecule has 0 amide bonds. The van der Waals surface area contributed by atoms with E-state index < -0.39 is 0 Å². The van der Waals surface area contributed by atoms with Crippen LogP contribution in [0.4, 0.5) is 10.2 Å². The molecule has 1 unspecified atom stereocenters. The smallest absolute Gasteiger partial charge is 0.165 e. The van der Waals surface area contributed by atoms with E-state index in [2.05, 4.69) is 34.2 Å². The predicted octanol–water partition coefficient (Wildman–Crippen LogP) is 0.878. The van der Waals surface area contributed by atoms with Gasteiger partial charge < -0.3 is 10.2 Å². The molecule has 0 aliphatic carbocycles. The molecule has 94 valence electrons. The molecule has 1 aromatic rings. The van der Waals surface area contributed by atoms with Crippen molar-refractivity contribution in [3.63, 3.8) is 0 Å². The Kier molecular flexibility index (Phi) is 3.91. The van der Waals surface area contributed by atoms with Crippen molar-refractivity contribution in [1.29, 1.82) is 0 Å². The summed E-state index contributed by atoms with van der Waals surface area (Å²) in [6.07, 6.45) is 1.60. The van der Waals surface area contributed by atoms with Gasteiger partial charge in [-0.1, -0.05) is 0 Å². The van der Waals surface area contributed by atoms with Gasteiger partial charge in [0.1, 0.15) is 0 Å². The number of aromatic nitrogens is 1. The number of piperazine rings is 1. The lowest BCUT2D eigenvalue weighted by molar-refractivity contribution is 0.121. The van der Waals surface area contributed by atoms with E-state index in [1.807, 2.05) is 0 Å². The summed E-state index contributed by atoms with van der Waals surface area (Å²) < 4.78 is 13.4. The fourth-order valence-electron chi connectivity index (χ4n) is 2.05.